The largest absolute Gasteiger partial charge is 0.494 e. The molecule has 0 atom stereocenters. The zero-order valence-corrected chi connectivity index (χ0v) is 12.6. The minimum Gasteiger partial charge on any atom is -0.494 e. The summed E-state index contributed by atoms with van der Waals surface area (Å²) in [6, 6.07) is 7.64. The summed E-state index contributed by atoms with van der Waals surface area (Å²) in [6.45, 7) is 10.3. The van der Waals surface area contributed by atoms with Crippen molar-refractivity contribution in [3.63, 3.8) is 0 Å². The molecular weight excluding hydrogens is 250 g/mol. The van der Waals surface area contributed by atoms with Gasteiger partial charge in [0.2, 0.25) is 0 Å². The molecule has 20 heavy (non-hydrogen) atoms. The number of ether oxygens (including phenoxy) is 1. The van der Waals surface area contributed by atoms with E-state index in [4.69, 9.17) is 10.5 Å². The van der Waals surface area contributed by atoms with Crippen LogP contribution in [0.3, 0.4) is 0 Å². The minimum atomic E-state index is 0.760. The molecule has 112 valence electrons. The normalized spacial score (nSPS) is 17.2. The second kappa shape index (κ2) is 8.12. The quantitative estimate of drug-likeness (QED) is 0.612. The molecular formula is C16H27N3O. The van der Waals surface area contributed by atoms with E-state index in [1.54, 1.807) is 0 Å². The van der Waals surface area contributed by atoms with Crippen molar-refractivity contribution in [2.75, 3.05) is 51.6 Å². The second-order valence-electron chi connectivity index (χ2n) is 5.40. The Bertz CT molecular complexity index is 389. The number of unbranched alkanes of at least 4 members (excludes halogenated alkanes) is 1. The first kappa shape index (κ1) is 15.1. The van der Waals surface area contributed by atoms with Crippen LogP contribution in [0.25, 0.3) is 0 Å². The third-order valence-corrected chi connectivity index (χ3v) is 3.91. The molecule has 1 aliphatic rings. The van der Waals surface area contributed by atoms with Gasteiger partial charge < -0.3 is 20.3 Å². The summed E-state index contributed by atoms with van der Waals surface area (Å²) < 4.78 is 5.70. The van der Waals surface area contributed by atoms with Crippen molar-refractivity contribution >= 4 is 5.69 Å². The molecule has 1 heterocycles. The zero-order chi connectivity index (χ0) is 14.2. The molecule has 2 rings (SSSR count). The molecule has 2 N–H and O–H groups in total. The fraction of sp³-hybridized carbons (Fsp3) is 0.625. The number of rotatable bonds is 7. The van der Waals surface area contributed by atoms with Crippen LogP contribution in [0.15, 0.2) is 24.3 Å². The van der Waals surface area contributed by atoms with Gasteiger partial charge in [0.05, 0.1) is 6.61 Å². The molecule has 4 nitrogen and oxygen atoms in total. The van der Waals surface area contributed by atoms with Crippen molar-refractivity contribution in [1.29, 1.82) is 0 Å². The van der Waals surface area contributed by atoms with E-state index >= 15 is 0 Å². The van der Waals surface area contributed by atoms with Crippen molar-refractivity contribution in [1.82, 2.24) is 9.80 Å². The van der Waals surface area contributed by atoms with Gasteiger partial charge in [-0.1, -0.05) is 13.0 Å². The van der Waals surface area contributed by atoms with Crippen molar-refractivity contribution in [3.05, 3.63) is 24.3 Å². The fourth-order valence-corrected chi connectivity index (χ4v) is 2.56. The van der Waals surface area contributed by atoms with E-state index in [1.807, 2.05) is 24.3 Å². The average molecular weight is 277 g/mol. The average Bonchev–Trinajstić information content (AvgIpc) is 2.48. The molecule has 1 aliphatic heterocycles. The lowest BCUT2D eigenvalue weighted by Gasteiger charge is -2.33. The van der Waals surface area contributed by atoms with Gasteiger partial charge in [0.25, 0.3) is 0 Å². The van der Waals surface area contributed by atoms with Crippen molar-refractivity contribution in [2.24, 2.45) is 0 Å². The highest BCUT2D eigenvalue weighted by molar-refractivity contribution is 5.43. The second-order valence-corrected chi connectivity index (χ2v) is 5.40. The number of piperazine rings is 1. The van der Waals surface area contributed by atoms with Gasteiger partial charge in [0.15, 0.2) is 0 Å². The summed E-state index contributed by atoms with van der Waals surface area (Å²) in [5.74, 6) is 0.876. The number of likely N-dealkylation sites (N-methyl/N-ethyl adjacent to an activating group) is 1. The summed E-state index contributed by atoms with van der Waals surface area (Å²) >= 11 is 0. The first-order valence-corrected chi connectivity index (χ1v) is 7.71. The van der Waals surface area contributed by atoms with Gasteiger partial charge in [-0.15, -0.1) is 0 Å². The summed E-state index contributed by atoms with van der Waals surface area (Å²) in [5, 5.41) is 0. The van der Waals surface area contributed by atoms with E-state index in [1.165, 1.54) is 45.7 Å². The van der Waals surface area contributed by atoms with Gasteiger partial charge in [-0.3, -0.25) is 0 Å². The van der Waals surface area contributed by atoms with Crippen LogP contribution >= 0.6 is 0 Å². The van der Waals surface area contributed by atoms with Crippen LogP contribution in [0.5, 0.6) is 5.75 Å². The van der Waals surface area contributed by atoms with Crippen LogP contribution in [-0.2, 0) is 0 Å². The Morgan fingerprint density at radius 1 is 1.10 bits per heavy atom. The monoisotopic (exact) mass is 277 g/mol. The standard InChI is InChI=1S/C16H27N3O/c1-2-18-9-11-19(12-10-18)8-3-4-13-20-16-7-5-6-15(17)14-16/h5-7,14H,2-4,8-13,17H2,1H3. The lowest BCUT2D eigenvalue weighted by molar-refractivity contribution is 0.134. The fourth-order valence-electron chi connectivity index (χ4n) is 2.56. The minimum absolute atomic E-state index is 0.760. The molecule has 0 amide bonds. The first-order chi connectivity index (χ1) is 9.78. The Morgan fingerprint density at radius 2 is 1.85 bits per heavy atom. The molecule has 0 spiro atoms. The highest BCUT2D eigenvalue weighted by Gasteiger charge is 2.14. The topological polar surface area (TPSA) is 41.7 Å². The SMILES string of the molecule is CCN1CCN(CCCCOc2cccc(N)c2)CC1. The van der Waals surface area contributed by atoms with Crippen LogP contribution in [0.1, 0.15) is 19.8 Å². The van der Waals surface area contributed by atoms with Crippen LogP contribution in [-0.4, -0.2) is 55.7 Å². The lowest BCUT2D eigenvalue weighted by atomic mass is 10.2. The third kappa shape index (κ3) is 5.02. The Labute approximate surface area is 122 Å². The number of benzene rings is 1. The number of nitrogens with two attached hydrogens (primary N) is 1. The van der Waals surface area contributed by atoms with E-state index in [-0.39, 0.29) is 0 Å². The molecule has 1 fully saturated rings. The molecule has 0 bridgehead atoms. The molecule has 0 unspecified atom stereocenters. The van der Waals surface area contributed by atoms with Crippen LogP contribution in [0.4, 0.5) is 5.69 Å². The maximum atomic E-state index is 5.72. The number of nitrogens with zero attached hydrogens (tertiary/aromatic N) is 2. The number of hydrogen-bond donors (Lipinski definition) is 1. The zero-order valence-electron chi connectivity index (χ0n) is 12.6. The van der Waals surface area contributed by atoms with Crippen molar-refractivity contribution < 1.29 is 4.74 Å². The maximum absolute atomic E-state index is 5.72. The predicted molar refractivity (Wildman–Crippen MR) is 84.1 cm³/mol. The number of hydrogen-bond acceptors (Lipinski definition) is 4. The summed E-state index contributed by atoms with van der Waals surface area (Å²) in [6.07, 6.45) is 2.30. The molecule has 0 radical (unpaired) electrons. The Morgan fingerprint density at radius 3 is 2.55 bits per heavy atom. The van der Waals surface area contributed by atoms with Gasteiger partial charge in [0.1, 0.15) is 5.75 Å². The highest BCUT2D eigenvalue weighted by atomic mass is 16.5. The Hall–Kier alpha value is -1.26. The smallest absolute Gasteiger partial charge is 0.121 e. The van der Waals surface area contributed by atoms with Gasteiger partial charge >= 0.3 is 0 Å². The van der Waals surface area contributed by atoms with Crippen LogP contribution in [0.2, 0.25) is 0 Å². The molecule has 1 aromatic rings. The Kier molecular flexibility index (Phi) is 6.15. The van der Waals surface area contributed by atoms with E-state index in [9.17, 15) is 0 Å². The maximum Gasteiger partial charge on any atom is 0.121 e. The van der Waals surface area contributed by atoms with E-state index < -0.39 is 0 Å². The van der Waals surface area contributed by atoms with Gasteiger partial charge in [-0.2, -0.15) is 0 Å². The van der Waals surface area contributed by atoms with E-state index in [0.29, 0.717) is 0 Å². The highest BCUT2D eigenvalue weighted by Crippen LogP contribution is 2.14. The van der Waals surface area contributed by atoms with Crippen molar-refractivity contribution in [2.45, 2.75) is 19.8 Å². The van der Waals surface area contributed by atoms with Gasteiger partial charge in [0, 0.05) is 37.9 Å². The van der Waals surface area contributed by atoms with Crippen LogP contribution in [0, 0.1) is 0 Å². The summed E-state index contributed by atoms with van der Waals surface area (Å²) in [4.78, 5) is 5.08. The Balaban J connectivity index is 1.54. The third-order valence-electron chi connectivity index (χ3n) is 3.91. The first-order valence-electron chi connectivity index (χ1n) is 7.71. The van der Waals surface area contributed by atoms with Gasteiger partial charge in [-0.25, -0.2) is 0 Å². The molecule has 0 aliphatic carbocycles. The summed E-state index contributed by atoms with van der Waals surface area (Å²) in [7, 11) is 0. The van der Waals surface area contributed by atoms with Crippen LogP contribution < -0.4 is 10.5 Å². The molecule has 1 saturated heterocycles. The molecule has 1 aromatic carbocycles. The molecule has 4 heteroatoms. The summed E-state index contributed by atoms with van der Waals surface area (Å²) in [5.41, 5.74) is 6.48. The number of anilines is 1. The molecule has 0 aromatic heterocycles. The van der Waals surface area contributed by atoms with Crippen molar-refractivity contribution in [3.8, 4) is 5.75 Å². The van der Waals surface area contributed by atoms with Gasteiger partial charge in [-0.05, 0) is 38.1 Å². The van der Waals surface area contributed by atoms with E-state index in [2.05, 4.69) is 16.7 Å². The molecule has 0 saturated carbocycles. The lowest BCUT2D eigenvalue weighted by Crippen LogP contribution is -2.46. The predicted octanol–water partition coefficient (Wildman–Crippen LogP) is 2.07. The van der Waals surface area contributed by atoms with E-state index in [0.717, 1.165) is 24.5 Å². The number of nitrogen functional groups attached to an aromatic ring is 1.